The number of nitrogens with zero attached hydrogens (tertiary/aromatic N) is 1. The van der Waals surface area contributed by atoms with Crippen LogP contribution in [0.2, 0.25) is 0 Å². The number of hydrogen-bond donors (Lipinski definition) is 1. The molecule has 0 aromatic carbocycles. The van der Waals surface area contributed by atoms with Gasteiger partial charge in [0.2, 0.25) is 0 Å². The van der Waals surface area contributed by atoms with E-state index in [1.165, 1.54) is 6.92 Å². The monoisotopic (exact) mass is 384 g/mol. The summed E-state index contributed by atoms with van der Waals surface area (Å²) in [5.41, 5.74) is 0.0231. The maximum Gasteiger partial charge on any atom is 0.264 e. The van der Waals surface area contributed by atoms with Gasteiger partial charge in [0.15, 0.2) is 9.84 Å². The molecule has 102 valence electrons. The number of hydrogen-bond acceptors (Lipinski definition) is 4. The van der Waals surface area contributed by atoms with Crippen molar-refractivity contribution < 1.29 is 8.42 Å². The molecule has 0 spiro atoms. The molecule has 0 fully saturated rings. The highest BCUT2D eigenvalue weighted by molar-refractivity contribution is 14.1. The number of rotatable bonds is 2. The van der Waals surface area contributed by atoms with Crippen LogP contribution in [0.1, 0.15) is 44.5 Å². The van der Waals surface area contributed by atoms with E-state index in [9.17, 15) is 13.2 Å². The lowest BCUT2D eigenvalue weighted by Gasteiger charge is -2.20. The van der Waals surface area contributed by atoms with E-state index in [1.54, 1.807) is 0 Å². The molecule has 0 bridgehead atoms. The fourth-order valence-electron chi connectivity index (χ4n) is 1.37. The Morgan fingerprint density at radius 2 is 1.83 bits per heavy atom. The maximum atomic E-state index is 11.8. The van der Waals surface area contributed by atoms with Crippen LogP contribution in [0.15, 0.2) is 4.79 Å². The van der Waals surface area contributed by atoms with E-state index >= 15 is 0 Å². The van der Waals surface area contributed by atoms with Crippen molar-refractivity contribution in [1.29, 1.82) is 0 Å². The van der Waals surface area contributed by atoms with Crippen molar-refractivity contribution >= 4 is 32.4 Å². The van der Waals surface area contributed by atoms with E-state index in [1.807, 2.05) is 43.4 Å². The second-order valence-corrected chi connectivity index (χ2v) is 8.78. The van der Waals surface area contributed by atoms with Crippen LogP contribution in [-0.4, -0.2) is 24.6 Å². The molecule has 1 heterocycles. The van der Waals surface area contributed by atoms with E-state index in [-0.39, 0.29) is 16.8 Å². The summed E-state index contributed by atoms with van der Waals surface area (Å²) in [7, 11) is -3.28. The van der Waals surface area contributed by atoms with Gasteiger partial charge in [-0.25, -0.2) is 13.4 Å². The molecule has 1 rings (SSSR count). The Morgan fingerprint density at radius 1 is 1.33 bits per heavy atom. The van der Waals surface area contributed by atoms with Crippen molar-refractivity contribution in [1.82, 2.24) is 9.97 Å². The molecule has 0 aliphatic heterocycles. The predicted molar refractivity (Wildman–Crippen MR) is 79.5 cm³/mol. The first-order valence-electron chi connectivity index (χ1n) is 5.43. The Kier molecular flexibility index (Phi) is 4.26. The summed E-state index contributed by atoms with van der Waals surface area (Å²) >= 11 is 1.94. The first-order valence-corrected chi connectivity index (χ1v) is 8.47. The van der Waals surface area contributed by atoms with Crippen LogP contribution in [0.3, 0.4) is 0 Å². The fraction of sp³-hybridized carbons (Fsp3) is 0.636. The zero-order valence-electron chi connectivity index (χ0n) is 11.0. The van der Waals surface area contributed by atoms with E-state index in [0.717, 1.165) is 6.26 Å². The smallest absolute Gasteiger partial charge is 0.264 e. The van der Waals surface area contributed by atoms with Crippen LogP contribution in [0, 0.1) is 3.57 Å². The number of H-pyrrole nitrogens is 1. The van der Waals surface area contributed by atoms with Gasteiger partial charge in [-0.1, -0.05) is 20.8 Å². The topological polar surface area (TPSA) is 79.9 Å². The second-order valence-electron chi connectivity index (χ2n) is 5.34. The molecule has 0 aliphatic carbocycles. The minimum absolute atomic E-state index is 0.202. The fourth-order valence-corrected chi connectivity index (χ4v) is 2.95. The van der Waals surface area contributed by atoms with Gasteiger partial charge < -0.3 is 4.98 Å². The number of aromatic amines is 1. The highest BCUT2D eigenvalue weighted by atomic mass is 127. The summed E-state index contributed by atoms with van der Waals surface area (Å²) < 4.78 is 23.6. The Bertz CT molecular complexity index is 614. The van der Waals surface area contributed by atoms with Gasteiger partial charge in [0.25, 0.3) is 5.56 Å². The standard InChI is InChI=1S/C11H17IN2O3S/c1-6(18(5,16)17)9-13-8(11(2,3)4)7(12)10(15)14-9/h6H,1-5H3,(H,13,14,15). The van der Waals surface area contributed by atoms with E-state index in [2.05, 4.69) is 9.97 Å². The third kappa shape index (κ3) is 3.31. The highest BCUT2D eigenvalue weighted by Gasteiger charge is 2.26. The lowest BCUT2D eigenvalue weighted by atomic mass is 9.92. The van der Waals surface area contributed by atoms with Gasteiger partial charge in [0.1, 0.15) is 14.6 Å². The molecule has 7 heteroatoms. The zero-order chi connectivity index (χ0) is 14.3. The largest absolute Gasteiger partial charge is 0.309 e. The quantitative estimate of drug-likeness (QED) is 0.789. The Balaban J connectivity index is 3.53. The van der Waals surface area contributed by atoms with Crippen LogP contribution in [0.4, 0.5) is 0 Å². The van der Waals surface area contributed by atoms with Gasteiger partial charge in [-0.2, -0.15) is 0 Å². The van der Waals surface area contributed by atoms with Crippen LogP contribution in [0.25, 0.3) is 0 Å². The molecule has 1 N–H and O–H groups in total. The molecule has 1 unspecified atom stereocenters. The summed E-state index contributed by atoms with van der Waals surface area (Å²) in [6, 6.07) is 0. The third-order valence-electron chi connectivity index (χ3n) is 2.62. The molecule has 0 aliphatic rings. The van der Waals surface area contributed by atoms with Crippen LogP contribution >= 0.6 is 22.6 Å². The van der Waals surface area contributed by atoms with Crippen molar-refractivity contribution in [3.05, 3.63) is 25.4 Å². The molecular weight excluding hydrogens is 367 g/mol. The number of nitrogens with one attached hydrogen (secondary N) is 1. The zero-order valence-corrected chi connectivity index (χ0v) is 14.0. The summed E-state index contributed by atoms with van der Waals surface area (Å²) in [4.78, 5) is 18.7. The maximum absolute atomic E-state index is 11.8. The summed E-state index contributed by atoms with van der Waals surface area (Å²) in [5.74, 6) is 0.202. The SMILES string of the molecule is CC(c1nc(C(C)(C)C)c(I)c(=O)[nH]1)S(C)(=O)=O. The molecular formula is C11H17IN2O3S. The minimum Gasteiger partial charge on any atom is -0.309 e. The van der Waals surface area contributed by atoms with Crippen molar-refractivity contribution in [2.45, 2.75) is 38.4 Å². The van der Waals surface area contributed by atoms with Crippen LogP contribution < -0.4 is 5.56 Å². The highest BCUT2D eigenvalue weighted by Crippen LogP contribution is 2.25. The first kappa shape index (κ1) is 15.6. The van der Waals surface area contributed by atoms with Crippen LogP contribution in [0.5, 0.6) is 0 Å². The summed E-state index contributed by atoms with van der Waals surface area (Å²) in [6.07, 6.45) is 1.13. The molecule has 0 radical (unpaired) electrons. The van der Waals surface area contributed by atoms with Gasteiger partial charge in [-0.15, -0.1) is 0 Å². The average molecular weight is 384 g/mol. The van der Waals surface area contributed by atoms with Crippen molar-refractivity contribution in [3.63, 3.8) is 0 Å². The lowest BCUT2D eigenvalue weighted by Crippen LogP contribution is -2.27. The molecule has 1 aromatic heterocycles. The molecule has 0 saturated heterocycles. The van der Waals surface area contributed by atoms with Crippen molar-refractivity contribution in [3.8, 4) is 0 Å². The molecule has 0 saturated carbocycles. The van der Waals surface area contributed by atoms with Gasteiger partial charge in [-0.05, 0) is 29.5 Å². The summed E-state index contributed by atoms with van der Waals surface area (Å²) in [6.45, 7) is 7.33. The Hall–Kier alpha value is -0.440. The summed E-state index contributed by atoms with van der Waals surface area (Å²) in [5, 5.41) is -0.816. The lowest BCUT2D eigenvalue weighted by molar-refractivity contribution is 0.551. The van der Waals surface area contributed by atoms with E-state index < -0.39 is 15.1 Å². The Morgan fingerprint density at radius 3 is 2.22 bits per heavy atom. The van der Waals surface area contributed by atoms with Crippen molar-refractivity contribution in [2.75, 3.05) is 6.26 Å². The molecule has 18 heavy (non-hydrogen) atoms. The van der Waals surface area contributed by atoms with Gasteiger partial charge in [-0.3, -0.25) is 4.79 Å². The molecule has 5 nitrogen and oxygen atoms in total. The predicted octanol–water partition coefficient (Wildman–Crippen LogP) is 1.78. The van der Waals surface area contributed by atoms with Crippen molar-refractivity contribution in [2.24, 2.45) is 0 Å². The molecule has 1 aromatic rings. The first-order chi connectivity index (χ1) is 7.94. The van der Waals surface area contributed by atoms with Crippen LogP contribution in [-0.2, 0) is 15.3 Å². The third-order valence-corrected chi connectivity index (χ3v) is 5.13. The number of halogens is 1. The number of aromatic nitrogens is 2. The average Bonchev–Trinajstić information content (AvgIpc) is 2.17. The van der Waals surface area contributed by atoms with E-state index in [0.29, 0.717) is 9.26 Å². The number of sulfone groups is 1. The minimum atomic E-state index is -3.28. The Labute approximate surface area is 120 Å². The molecule has 1 atom stereocenters. The van der Waals surface area contributed by atoms with Gasteiger partial charge >= 0.3 is 0 Å². The normalized spacial score (nSPS) is 14.6. The van der Waals surface area contributed by atoms with Gasteiger partial charge in [0, 0.05) is 11.7 Å². The van der Waals surface area contributed by atoms with Gasteiger partial charge in [0.05, 0.1) is 5.69 Å². The molecule has 0 amide bonds. The second kappa shape index (κ2) is 4.92. The van der Waals surface area contributed by atoms with E-state index in [4.69, 9.17) is 0 Å².